The van der Waals surface area contributed by atoms with Gasteiger partial charge in [0.15, 0.2) is 0 Å². The maximum atomic E-state index is 14.2. The van der Waals surface area contributed by atoms with Crippen LogP contribution >= 0.6 is 27.3 Å². The number of likely N-dealkylation sites (tertiary alicyclic amines) is 1. The summed E-state index contributed by atoms with van der Waals surface area (Å²) in [6.45, 7) is 13.2. The Morgan fingerprint density at radius 2 is 2.06 bits per heavy atom. The highest BCUT2D eigenvalue weighted by Gasteiger charge is 2.59. The second-order valence-electron chi connectivity index (χ2n) is 10.5. The molecule has 0 saturated carbocycles. The molecule has 0 bridgehead atoms. The lowest BCUT2D eigenvalue weighted by atomic mass is 9.83. The molecule has 2 heterocycles. The number of aliphatic carboxylic acids is 1. The first-order chi connectivity index (χ1) is 15.9. The van der Waals surface area contributed by atoms with Crippen LogP contribution in [0.25, 0.3) is 0 Å². The Kier molecular flexibility index (Phi) is 8.26. The highest BCUT2D eigenvalue weighted by molar-refractivity contribution is 9.10. The second kappa shape index (κ2) is 10.5. The van der Waals surface area contributed by atoms with Crippen LogP contribution in [0.5, 0.6) is 0 Å². The smallest absolute Gasteiger partial charge is 0.329 e. The van der Waals surface area contributed by atoms with Gasteiger partial charge >= 0.3 is 5.97 Å². The van der Waals surface area contributed by atoms with Crippen LogP contribution in [0, 0.1) is 11.8 Å². The summed E-state index contributed by atoms with van der Waals surface area (Å²) in [5.41, 5.74) is 0.122. The fourth-order valence-corrected chi connectivity index (χ4v) is 6.88. The van der Waals surface area contributed by atoms with Crippen LogP contribution < -0.4 is 0 Å². The number of ether oxygens (including phenoxy) is 1. The number of halogens is 1. The Morgan fingerprint density at radius 3 is 2.56 bits per heavy atom. The summed E-state index contributed by atoms with van der Waals surface area (Å²) in [4.78, 5) is 33.2. The van der Waals surface area contributed by atoms with Crippen LogP contribution in [-0.2, 0) is 14.9 Å². The van der Waals surface area contributed by atoms with Gasteiger partial charge in [-0.1, -0.05) is 56.6 Å². The fourth-order valence-electron chi connectivity index (χ4n) is 5.08. The Bertz CT molecular complexity index is 1020. The van der Waals surface area contributed by atoms with Gasteiger partial charge in [-0.05, 0) is 48.8 Å². The third kappa shape index (κ3) is 5.24. The number of aromatic nitrogens is 1. The minimum atomic E-state index is -1.33. The van der Waals surface area contributed by atoms with Crippen molar-refractivity contribution in [1.82, 2.24) is 9.88 Å². The minimum Gasteiger partial charge on any atom is -0.479 e. The van der Waals surface area contributed by atoms with Crippen molar-refractivity contribution in [2.75, 3.05) is 13.2 Å². The number of amides is 1. The van der Waals surface area contributed by atoms with Crippen molar-refractivity contribution in [2.24, 2.45) is 11.8 Å². The maximum Gasteiger partial charge on any atom is 0.329 e. The zero-order valence-electron chi connectivity index (χ0n) is 20.8. The molecule has 1 saturated heterocycles. The molecule has 8 heteroatoms. The molecule has 3 rings (SSSR count). The van der Waals surface area contributed by atoms with Gasteiger partial charge in [0.05, 0.1) is 12.6 Å². The summed E-state index contributed by atoms with van der Waals surface area (Å²) in [5.74, 6) is -1.34. The summed E-state index contributed by atoms with van der Waals surface area (Å²) < 4.78 is 6.61. The van der Waals surface area contributed by atoms with Crippen molar-refractivity contribution in [3.8, 4) is 0 Å². The van der Waals surface area contributed by atoms with E-state index in [9.17, 15) is 14.7 Å². The van der Waals surface area contributed by atoms with Gasteiger partial charge in [-0.25, -0.2) is 9.78 Å². The van der Waals surface area contributed by atoms with E-state index in [2.05, 4.69) is 41.7 Å². The van der Waals surface area contributed by atoms with Gasteiger partial charge in [0.25, 0.3) is 5.91 Å². The van der Waals surface area contributed by atoms with E-state index >= 15 is 0 Å². The Morgan fingerprint density at radius 1 is 1.35 bits per heavy atom. The van der Waals surface area contributed by atoms with Crippen LogP contribution in [0.15, 0.2) is 34.2 Å². The summed E-state index contributed by atoms with van der Waals surface area (Å²) in [6, 6.07) is 5.12. The SMILES string of the molecule is CCOC[C@H]1C[C@@](CC(C)C)(C(=O)O)N(C(=O)c2ccc(C(C)(C)C)c(Br)c2)[C@H]1c1nccs1. The van der Waals surface area contributed by atoms with E-state index < -0.39 is 17.6 Å². The maximum absolute atomic E-state index is 14.2. The van der Waals surface area contributed by atoms with E-state index in [1.165, 1.54) is 11.3 Å². The van der Waals surface area contributed by atoms with E-state index in [0.29, 0.717) is 31.6 Å². The number of nitrogens with zero attached hydrogens (tertiary/aromatic N) is 2. The zero-order chi connectivity index (χ0) is 25.3. The molecule has 0 unspecified atom stereocenters. The molecule has 0 aliphatic carbocycles. The van der Waals surface area contributed by atoms with Crippen LogP contribution in [0.3, 0.4) is 0 Å². The number of carbonyl (C=O) groups is 2. The Balaban J connectivity index is 2.17. The van der Waals surface area contributed by atoms with Gasteiger partial charge < -0.3 is 14.7 Å². The second-order valence-corrected chi connectivity index (χ2v) is 12.3. The normalized spacial score (nSPS) is 23.0. The first-order valence-electron chi connectivity index (χ1n) is 11.8. The van der Waals surface area contributed by atoms with Crippen molar-refractivity contribution < 1.29 is 19.4 Å². The van der Waals surface area contributed by atoms with Crippen LogP contribution in [0.4, 0.5) is 0 Å². The third-order valence-corrected chi connectivity index (χ3v) is 7.92. The number of hydrogen-bond donors (Lipinski definition) is 1. The van der Waals surface area contributed by atoms with Gasteiger partial charge in [-0.2, -0.15) is 0 Å². The van der Waals surface area contributed by atoms with Gasteiger partial charge in [0, 0.05) is 34.1 Å². The molecule has 1 fully saturated rings. The molecular weight excluding hydrogens is 516 g/mol. The van der Waals surface area contributed by atoms with Gasteiger partial charge in [-0.3, -0.25) is 4.79 Å². The number of benzene rings is 1. The number of carbonyl (C=O) groups excluding carboxylic acids is 1. The molecule has 0 radical (unpaired) electrons. The third-order valence-electron chi connectivity index (χ3n) is 6.41. The summed E-state index contributed by atoms with van der Waals surface area (Å²) in [6.07, 6.45) is 2.40. The number of carboxylic acid groups (broad SMARTS) is 1. The van der Waals surface area contributed by atoms with Crippen molar-refractivity contribution >= 4 is 39.1 Å². The number of thiazole rings is 1. The lowest BCUT2D eigenvalue weighted by Crippen LogP contribution is -2.54. The van der Waals surface area contributed by atoms with Gasteiger partial charge in [0.2, 0.25) is 0 Å². The van der Waals surface area contributed by atoms with E-state index in [-0.39, 0.29) is 23.2 Å². The summed E-state index contributed by atoms with van der Waals surface area (Å²) >= 11 is 5.09. The van der Waals surface area contributed by atoms with Crippen molar-refractivity contribution in [3.05, 3.63) is 50.4 Å². The monoisotopic (exact) mass is 550 g/mol. The summed E-state index contributed by atoms with van der Waals surface area (Å²) in [5, 5.41) is 13.2. The van der Waals surface area contributed by atoms with Crippen LogP contribution in [-0.4, -0.2) is 45.6 Å². The molecule has 1 aliphatic rings. The molecule has 0 spiro atoms. The molecule has 3 atom stereocenters. The molecule has 1 N–H and O–H groups in total. The quantitative estimate of drug-likeness (QED) is 0.416. The Hall–Kier alpha value is -1.77. The van der Waals surface area contributed by atoms with Crippen LogP contribution in [0.1, 0.15) is 81.4 Å². The van der Waals surface area contributed by atoms with Crippen molar-refractivity contribution in [3.63, 3.8) is 0 Å². The Labute approximate surface area is 214 Å². The molecule has 6 nitrogen and oxygen atoms in total. The average molecular weight is 552 g/mol. The van der Waals surface area contributed by atoms with E-state index in [1.54, 1.807) is 11.1 Å². The fraction of sp³-hybridized carbons (Fsp3) is 0.577. The first kappa shape index (κ1) is 26.8. The molecule has 34 heavy (non-hydrogen) atoms. The molecule has 1 aromatic carbocycles. The van der Waals surface area contributed by atoms with Crippen molar-refractivity contribution in [1.29, 1.82) is 0 Å². The topological polar surface area (TPSA) is 79.7 Å². The molecular formula is C26H35BrN2O4S. The zero-order valence-corrected chi connectivity index (χ0v) is 23.2. The minimum absolute atomic E-state index is 0.0872. The van der Waals surface area contributed by atoms with Crippen molar-refractivity contribution in [2.45, 2.75) is 71.4 Å². The molecule has 1 aromatic heterocycles. The first-order valence-corrected chi connectivity index (χ1v) is 13.4. The van der Waals surface area contributed by atoms with Gasteiger partial charge in [0.1, 0.15) is 10.5 Å². The lowest BCUT2D eigenvalue weighted by molar-refractivity contribution is -0.150. The highest BCUT2D eigenvalue weighted by Crippen LogP contribution is 2.51. The largest absolute Gasteiger partial charge is 0.479 e. The standard InChI is InChI=1S/C26H35BrN2O4S/c1-7-33-15-18-14-26(24(31)32,13-16(2)3)29(21(18)22-28-10-11-34-22)23(30)17-8-9-19(20(27)12-17)25(4,5)6/h8-12,16,18,21H,7,13-15H2,1-6H3,(H,31,32)/t18-,21-,26+/m1/s1. The highest BCUT2D eigenvalue weighted by atomic mass is 79.9. The number of carboxylic acids is 1. The molecule has 1 aliphatic heterocycles. The van der Waals surface area contributed by atoms with E-state index in [4.69, 9.17) is 4.74 Å². The van der Waals surface area contributed by atoms with Gasteiger partial charge in [-0.15, -0.1) is 11.3 Å². The number of hydrogen-bond acceptors (Lipinski definition) is 5. The lowest BCUT2D eigenvalue weighted by Gasteiger charge is -2.39. The predicted molar refractivity (Wildman–Crippen MR) is 138 cm³/mol. The van der Waals surface area contributed by atoms with Crippen LogP contribution in [0.2, 0.25) is 0 Å². The van der Waals surface area contributed by atoms with E-state index in [0.717, 1.165) is 15.0 Å². The van der Waals surface area contributed by atoms with E-state index in [1.807, 2.05) is 44.4 Å². The predicted octanol–water partition coefficient (Wildman–Crippen LogP) is 6.31. The summed E-state index contributed by atoms with van der Waals surface area (Å²) in [7, 11) is 0. The molecule has 186 valence electrons. The average Bonchev–Trinajstić information content (AvgIpc) is 3.36. The number of rotatable bonds is 8. The molecule has 2 aromatic rings. The molecule has 1 amide bonds.